The summed E-state index contributed by atoms with van der Waals surface area (Å²) in [7, 11) is 2.56. The van der Waals surface area contributed by atoms with Gasteiger partial charge in [0.05, 0.1) is 26.7 Å². The Morgan fingerprint density at radius 1 is 0.370 bits per heavy atom. The van der Waals surface area contributed by atoms with Gasteiger partial charge in [-0.25, -0.2) is 0 Å². The Bertz CT molecular complexity index is 226. The number of nitrogens with zero attached hydrogens (tertiary/aromatic N) is 1. The van der Waals surface area contributed by atoms with Crippen LogP contribution in [0, 0.1) is 0 Å². The van der Waals surface area contributed by atoms with Crippen molar-refractivity contribution in [2.45, 2.75) is 136 Å². The fraction of sp³-hybridized carbons (Fsp3) is 1.00. The minimum absolute atomic E-state index is 0. The molecule has 0 aromatic heterocycles. The quantitative estimate of drug-likeness (QED) is 0.144. The van der Waals surface area contributed by atoms with Gasteiger partial charge in [-0.1, -0.05) is 97.8 Å². The molecule has 0 aromatic rings. The molecule has 27 heavy (non-hydrogen) atoms. The van der Waals surface area contributed by atoms with Crippen LogP contribution in [0.4, 0.5) is 0 Å². The first-order chi connectivity index (χ1) is 12.7. The van der Waals surface area contributed by atoms with Gasteiger partial charge in [0.1, 0.15) is 0 Å². The lowest BCUT2D eigenvalue weighted by molar-refractivity contribution is -0.910. The molecule has 0 aliphatic carbocycles. The molecule has 0 aliphatic rings. The summed E-state index contributed by atoms with van der Waals surface area (Å²) in [5.74, 6) is 0. The van der Waals surface area contributed by atoms with Crippen LogP contribution >= 0.6 is 0 Å². The predicted molar refractivity (Wildman–Crippen MR) is 123 cm³/mol. The normalized spacial score (nSPS) is 11.6. The molecule has 166 valence electrons. The third kappa shape index (κ3) is 20.5. The highest BCUT2D eigenvalue weighted by atomic mass is 16.0. The van der Waals surface area contributed by atoms with E-state index < -0.39 is 0 Å². The Hall–Kier alpha value is -0.0800. The summed E-state index contributed by atoms with van der Waals surface area (Å²) >= 11 is 0. The standard InChI is InChI=1S/C25H54N.H2O/c1-5-8-11-14-17-20-23-26(4,24-21-18-15-12-9-6-2)25-22-19-16-13-10-7-3;/h5-25H2,1-4H3;1H2/q+1;/p-1. The molecular formula is C25H55NO. The maximum Gasteiger partial charge on any atom is 0.0784 e. The fourth-order valence-electron chi connectivity index (χ4n) is 4.16. The van der Waals surface area contributed by atoms with Crippen LogP contribution in [0.5, 0.6) is 0 Å². The van der Waals surface area contributed by atoms with E-state index in [0.717, 1.165) is 0 Å². The summed E-state index contributed by atoms with van der Waals surface area (Å²) in [4.78, 5) is 0. The minimum atomic E-state index is 0. The van der Waals surface area contributed by atoms with E-state index in [4.69, 9.17) is 0 Å². The first-order valence-corrected chi connectivity index (χ1v) is 12.5. The SMILES string of the molecule is CCCCCCCC[N+](C)(CCCCCCCC)CCCCCCCC.[OH-]. The van der Waals surface area contributed by atoms with Gasteiger partial charge in [-0.15, -0.1) is 0 Å². The van der Waals surface area contributed by atoms with Crippen LogP contribution in [0.3, 0.4) is 0 Å². The maximum atomic E-state index is 2.56. The van der Waals surface area contributed by atoms with Crippen molar-refractivity contribution in [2.24, 2.45) is 0 Å². The van der Waals surface area contributed by atoms with Gasteiger partial charge in [0, 0.05) is 0 Å². The monoisotopic (exact) mass is 385 g/mol. The Morgan fingerprint density at radius 3 is 0.852 bits per heavy atom. The molecule has 0 unspecified atom stereocenters. The number of hydrogen-bond acceptors (Lipinski definition) is 1. The van der Waals surface area contributed by atoms with Crippen molar-refractivity contribution in [1.82, 2.24) is 0 Å². The zero-order valence-corrected chi connectivity index (χ0v) is 19.7. The molecule has 2 heteroatoms. The molecule has 0 aromatic carbocycles. The molecule has 0 saturated heterocycles. The van der Waals surface area contributed by atoms with E-state index in [1.807, 2.05) is 0 Å². The number of unbranched alkanes of at least 4 members (excludes halogenated alkanes) is 15. The van der Waals surface area contributed by atoms with Gasteiger partial charge < -0.3 is 9.96 Å². The van der Waals surface area contributed by atoms with Gasteiger partial charge in [0.15, 0.2) is 0 Å². The Labute approximate surface area is 173 Å². The van der Waals surface area contributed by atoms with E-state index in [2.05, 4.69) is 27.8 Å². The lowest BCUT2D eigenvalue weighted by Crippen LogP contribution is -2.46. The zero-order valence-electron chi connectivity index (χ0n) is 19.7. The van der Waals surface area contributed by atoms with Crippen LogP contribution in [0.15, 0.2) is 0 Å². The third-order valence-electron chi connectivity index (χ3n) is 6.15. The van der Waals surface area contributed by atoms with Crippen LogP contribution < -0.4 is 0 Å². The van der Waals surface area contributed by atoms with Gasteiger partial charge in [-0.2, -0.15) is 0 Å². The topological polar surface area (TPSA) is 30.0 Å². The van der Waals surface area contributed by atoms with Crippen LogP contribution in [0.25, 0.3) is 0 Å². The number of rotatable bonds is 21. The highest BCUT2D eigenvalue weighted by Gasteiger charge is 2.20. The first kappa shape index (κ1) is 29.1. The van der Waals surface area contributed by atoms with Crippen molar-refractivity contribution in [2.75, 3.05) is 26.7 Å². The van der Waals surface area contributed by atoms with Crippen molar-refractivity contribution in [3.8, 4) is 0 Å². The Balaban J connectivity index is 0. The minimum Gasteiger partial charge on any atom is -0.870 e. The first-order valence-electron chi connectivity index (χ1n) is 12.5. The zero-order chi connectivity index (χ0) is 19.3. The van der Waals surface area contributed by atoms with Crippen LogP contribution in [-0.4, -0.2) is 36.6 Å². The molecule has 0 saturated carbocycles. The summed E-state index contributed by atoms with van der Waals surface area (Å²) < 4.78 is 1.36. The van der Waals surface area contributed by atoms with Crippen molar-refractivity contribution >= 4 is 0 Å². The van der Waals surface area contributed by atoms with E-state index in [1.54, 1.807) is 0 Å². The van der Waals surface area contributed by atoms with E-state index in [-0.39, 0.29) is 5.48 Å². The summed E-state index contributed by atoms with van der Waals surface area (Å²) in [5.41, 5.74) is 0. The van der Waals surface area contributed by atoms with E-state index in [0.29, 0.717) is 0 Å². The average molecular weight is 386 g/mol. The van der Waals surface area contributed by atoms with Crippen molar-refractivity contribution < 1.29 is 9.96 Å². The second-order valence-electron chi connectivity index (χ2n) is 9.09. The summed E-state index contributed by atoms with van der Waals surface area (Å²) in [6, 6.07) is 0. The van der Waals surface area contributed by atoms with Gasteiger partial charge in [0.2, 0.25) is 0 Å². The summed E-state index contributed by atoms with van der Waals surface area (Å²) in [6.45, 7) is 11.2. The van der Waals surface area contributed by atoms with E-state index in [9.17, 15) is 0 Å². The van der Waals surface area contributed by atoms with E-state index >= 15 is 0 Å². The molecule has 1 N–H and O–H groups in total. The molecule has 0 heterocycles. The number of hydrogen-bond donors (Lipinski definition) is 0. The second-order valence-corrected chi connectivity index (χ2v) is 9.09. The number of quaternary nitrogens is 1. The van der Waals surface area contributed by atoms with Crippen LogP contribution in [-0.2, 0) is 0 Å². The molecule has 0 bridgehead atoms. The predicted octanol–water partition coefficient (Wildman–Crippen LogP) is 8.34. The maximum absolute atomic E-state index is 2.56. The van der Waals surface area contributed by atoms with Crippen molar-refractivity contribution in [3.05, 3.63) is 0 Å². The van der Waals surface area contributed by atoms with Crippen molar-refractivity contribution in [3.63, 3.8) is 0 Å². The molecule has 0 aliphatic heterocycles. The molecule has 0 spiro atoms. The van der Waals surface area contributed by atoms with Gasteiger partial charge in [-0.05, 0) is 38.5 Å². The van der Waals surface area contributed by atoms with Crippen molar-refractivity contribution in [1.29, 1.82) is 0 Å². The van der Waals surface area contributed by atoms with Gasteiger partial charge in [0.25, 0.3) is 0 Å². The highest BCUT2D eigenvalue weighted by molar-refractivity contribution is 4.51. The summed E-state index contributed by atoms with van der Waals surface area (Å²) in [5, 5.41) is 0. The van der Waals surface area contributed by atoms with Gasteiger partial charge >= 0.3 is 0 Å². The fourth-order valence-corrected chi connectivity index (χ4v) is 4.16. The lowest BCUT2D eigenvalue weighted by Gasteiger charge is -2.35. The van der Waals surface area contributed by atoms with Crippen LogP contribution in [0.1, 0.15) is 136 Å². The molecule has 0 amide bonds. The summed E-state index contributed by atoms with van der Waals surface area (Å²) in [6.07, 6.45) is 25.9. The highest BCUT2D eigenvalue weighted by Crippen LogP contribution is 2.16. The Kier molecular flexibility index (Phi) is 24.0. The largest absolute Gasteiger partial charge is 0.870 e. The average Bonchev–Trinajstić information content (AvgIpc) is 2.64. The molecule has 2 nitrogen and oxygen atoms in total. The molecule has 0 fully saturated rings. The molecular weight excluding hydrogens is 330 g/mol. The smallest absolute Gasteiger partial charge is 0.0784 e. The molecule has 0 rings (SSSR count). The second kappa shape index (κ2) is 22.2. The van der Waals surface area contributed by atoms with Gasteiger partial charge in [-0.3, -0.25) is 0 Å². The molecule has 0 radical (unpaired) electrons. The lowest BCUT2D eigenvalue weighted by atomic mass is 10.1. The third-order valence-corrected chi connectivity index (χ3v) is 6.15. The molecule has 0 atom stereocenters. The Morgan fingerprint density at radius 2 is 0.593 bits per heavy atom. The van der Waals surface area contributed by atoms with Crippen LogP contribution in [0.2, 0.25) is 0 Å². The van der Waals surface area contributed by atoms with E-state index in [1.165, 1.54) is 140 Å².